The zero-order valence-corrected chi connectivity index (χ0v) is 23.0. The SMILES string of the molecule is COS(=O)(=O)C(C)(C)c1ccc2sc(C(=O)Nc3cc(Cl)nc(Oc4cc(Cl)cc(Cl)c4)c3)cc2c1. The highest BCUT2D eigenvalue weighted by Crippen LogP contribution is 2.35. The summed E-state index contributed by atoms with van der Waals surface area (Å²) in [6, 6.07) is 14.6. The standard InChI is InChI=1S/C24H19Cl3N2O5S2/c1-24(2,36(31,32)33-3)14-4-5-19-13(6-14)7-20(35-19)23(30)28-17-11-21(27)29-22(12-17)34-18-9-15(25)8-16(26)10-18/h4-12H,1-3H3,(H,28,29,30). The minimum absolute atomic E-state index is 0.110. The van der Waals surface area contributed by atoms with E-state index in [0.717, 1.165) is 17.2 Å². The van der Waals surface area contributed by atoms with Crippen molar-refractivity contribution in [2.45, 2.75) is 18.6 Å². The molecule has 1 amide bonds. The number of anilines is 1. The van der Waals surface area contributed by atoms with Crippen LogP contribution in [0.2, 0.25) is 15.2 Å². The molecule has 0 unspecified atom stereocenters. The molecule has 2 heterocycles. The van der Waals surface area contributed by atoms with Gasteiger partial charge in [0.1, 0.15) is 15.6 Å². The molecule has 12 heteroatoms. The Morgan fingerprint density at radius 2 is 1.69 bits per heavy atom. The molecule has 0 spiro atoms. The summed E-state index contributed by atoms with van der Waals surface area (Å²) < 4.78 is 34.7. The van der Waals surface area contributed by atoms with E-state index in [4.69, 9.17) is 43.7 Å². The first-order valence-electron chi connectivity index (χ1n) is 10.3. The van der Waals surface area contributed by atoms with Crippen LogP contribution in [-0.4, -0.2) is 26.4 Å². The van der Waals surface area contributed by atoms with Crippen molar-refractivity contribution in [1.82, 2.24) is 4.98 Å². The molecule has 0 bridgehead atoms. The third-order valence-electron chi connectivity index (χ3n) is 5.37. The second-order valence-electron chi connectivity index (χ2n) is 8.17. The van der Waals surface area contributed by atoms with Crippen LogP contribution in [-0.2, 0) is 19.0 Å². The lowest BCUT2D eigenvalue weighted by Gasteiger charge is -2.23. The summed E-state index contributed by atoms with van der Waals surface area (Å²) in [7, 11) is -2.69. The van der Waals surface area contributed by atoms with Crippen molar-refractivity contribution in [1.29, 1.82) is 0 Å². The molecule has 0 aliphatic carbocycles. The van der Waals surface area contributed by atoms with Gasteiger partial charge in [0.25, 0.3) is 16.0 Å². The van der Waals surface area contributed by atoms with Gasteiger partial charge in [0.05, 0.1) is 12.0 Å². The molecule has 0 aliphatic rings. The summed E-state index contributed by atoms with van der Waals surface area (Å²) in [6.45, 7) is 3.13. The van der Waals surface area contributed by atoms with Gasteiger partial charge in [0, 0.05) is 26.5 Å². The van der Waals surface area contributed by atoms with Gasteiger partial charge in [0.2, 0.25) is 5.88 Å². The van der Waals surface area contributed by atoms with E-state index < -0.39 is 14.9 Å². The maximum atomic E-state index is 13.0. The van der Waals surface area contributed by atoms with E-state index in [1.807, 2.05) is 0 Å². The summed E-state index contributed by atoms with van der Waals surface area (Å²) in [5.74, 6) is 0.123. The van der Waals surface area contributed by atoms with Crippen LogP contribution in [0.25, 0.3) is 10.1 Å². The Bertz CT molecular complexity index is 1570. The molecule has 188 valence electrons. The highest BCUT2D eigenvalue weighted by molar-refractivity contribution is 7.87. The van der Waals surface area contributed by atoms with Crippen molar-refractivity contribution >= 4 is 77.9 Å². The molecule has 36 heavy (non-hydrogen) atoms. The zero-order valence-electron chi connectivity index (χ0n) is 19.1. The van der Waals surface area contributed by atoms with Crippen LogP contribution in [0.5, 0.6) is 11.6 Å². The Balaban J connectivity index is 1.58. The van der Waals surface area contributed by atoms with Gasteiger partial charge in [-0.3, -0.25) is 8.98 Å². The minimum atomic E-state index is -3.83. The summed E-state index contributed by atoms with van der Waals surface area (Å²) in [5, 5.41) is 4.41. The van der Waals surface area contributed by atoms with Gasteiger partial charge < -0.3 is 10.1 Å². The van der Waals surface area contributed by atoms with Gasteiger partial charge in [-0.25, -0.2) is 4.98 Å². The Kier molecular flexibility index (Phi) is 7.52. The second-order valence-corrected chi connectivity index (χ2v) is 12.8. The Labute approximate surface area is 227 Å². The maximum Gasteiger partial charge on any atom is 0.276 e. The number of rotatable bonds is 7. The molecular formula is C24H19Cl3N2O5S2. The number of nitrogens with one attached hydrogen (secondary N) is 1. The number of hydrogen-bond donors (Lipinski definition) is 1. The monoisotopic (exact) mass is 584 g/mol. The van der Waals surface area contributed by atoms with E-state index in [1.54, 1.807) is 56.3 Å². The molecule has 2 aromatic heterocycles. The minimum Gasteiger partial charge on any atom is -0.439 e. The molecule has 0 atom stereocenters. The van der Waals surface area contributed by atoms with Crippen LogP contribution < -0.4 is 10.1 Å². The fraction of sp³-hybridized carbons (Fsp3) is 0.167. The van der Waals surface area contributed by atoms with Crippen molar-refractivity contribution in [2.75, 3.05) is 12.4 Å². The highest BCUT2D eigenvalue weighted by atomic mass is 35.5. The Hall–Kier alpha value is -2.40. The number of nitrogens with zero attached hydrogens (tertiary/aromatic N) is 1. The largest absolute Gasteiger partial charge is 0.439 e. The Morgan fingerprint density at radius 3 is 2.36 bits per heavy atom. The second kappa shape index (κ2) is 10.2. The number of halogens is 3. The summed E-state index contributed by atoms with van der Waals surface area (Å²) in [6.07, 6.45) is 0. The quantitative estimate of drug-likeness (QED) is 0.178. The number of fused-ring (bicyclic) bond motifs is 1. The van der Waals surface area contributed by atoms with Crippen LogP contribution >= 0.6 is 46.1 Å². The van der Waals surface area contributed by atoms with Crippen molar-refractivity contribution in [2.24, 2.45) is 0 Å². The summed E-state index contributed by atoms with van der Waals surface area (Å²) >= 11 is 19.4. The molecule has 2 aromatic carbocycles. The molecule has 0 aliphatic heterocycles. The molecule has 4 aromatic rings. The number of benzene rings is 2. The predicted molar refractivity (Wildman–Crippen MR) is 145 cm³/mol. The number of pyridine rings is 1. The predicted octanol–water partition coefficient (Wildman–Crippen LogP) is 7.51. The smallest absolute Gasteiger partial charge is 0.276 e. The van der Waals surface area contributed by atoms with Gasteiger partial charge in [-0.1, -0.05) is 40.9 Å². The molecule has 0 fully saturated rings. The maximum absolute atomic E-state index is 13.0. The van der Waals surface area contributed by atoms with Crippen molar-refractivity contribution in [3.05, 3.63) is 80.2 Å². The third-order valence-corrected chi connectivity index (χ3v) is 9.04. The molecule has 0 radical (unpaired) electrons. The number of hydrogen-bond acceptors (Lipinski definition) is 7. The molecule has 7 nitrogen and oxygen atoms in total. The fourth-order valence-electron chi connectivity index (χ4n) is 3.38. The Morgan fingerprint density at radius 1 is 1.00 bits per heavy atom. The van der Waals surface area contributed by atoms with E-state index in [1.165, 1.54) is 23.5 Å². The zero-order chi connectivity index (χ0) is 26.3. The van der Waals surface area contributed by atoms with E-state index in [2.05, 4.69) is 10.3 Å². The molecular weight excluding hydrogens is 567 g/mol. The summed E-state index contributed by atoms with van der Waals surface area (Å²) in [5.41, 5.74) is 0.916. The van der Waals surface area contributed by atoms with Gasteiger partial charge in [0.15, 0.2) is 0 Å². The number of carbonyl (C=O) groups is 1. The van der Waals surface area contributed by atoms with Crippen LogP contribution in [0.1, 0.15) is 29.1 Å². The van der Waals surface area contributed by atoms with E-state index >= 15 is 0 Å². The van der Waals surface area contributed by atoms with Crippen molar-refractivity contribution in [3.8, 4) is 11.6 Å². The van der Waals surface area contributed by atoms with Gasteiger partial charge in [-0.05, 0) is 67.3 Å². The van der Waals surface area contributed by atoms with Gasteiger partial charge >= 0.3 is 0 Å². The fourth-order valence-corrected chi connectivity index (χ4v) is 5.86. The lowest BCUT2D eigenvalue weighted by Crippen LogP contribution is -2.30. The first-order valence-corrected chi connectivity index (χ1v) is 13.7. The number of amides is 1. The first-order chi connectivity index (χ1) is 16.9. The van der Waals surface area contributed by atoms with Crippen LogP contribution in [0.15, 0.2) is 54.6 Å². The highest BCUT2D eigenvalue weighted by Gasteiger charge is 2.36. The van der Waals surface area contributed by atoms with Gasteiger partial charge in [-0.2, -0.15) is 8.42 Å². The number of ether oxygens (including phenoxy) is 1. The van der Waals surface area contributed by atoms with E-state index in [-0.39, 0.29) is 16.9 Å². The molecule has 0 saturated carbocycles. The molecule has 1 N–H and O–H groups in total. The van der Waals surface area contributed by atoms with Gasteiger partial charge in [-0.15, -0.1) is 11.3 Å². The molecule has 4 rings (SSSR count). The number of thiophene rings is 1. The topological polar surface area (TPSA) is 94.6 Å². The summed E-state index contributed by atoms with van der Waals surface area (Å²) in [4.78, 5) is 17.5. The van der Waals surface area contributed by atoms with Crippen LogP contribution in [0, 0.1) is 0 Å². The van der Waals surface area contributed by atoms with Crippen LogP contribution in [0.4, 0.5) is 5.69 Å². The third kappa shape index (κ3) is 5.61. The number of aromatic nitrogens is 1. The van der Waals surface area contributed by atoms with Crippen LogP contribution in [0.3, 0.4) is 0 Å². The average molecular weight is 586 g/mol. The number of carbonyl (C=O) groups excluding carboxylic acids is 1. The lowest BCUT2D eigenvalue weighted by molar-refractivity contribution is 0.103. The molecule has 0 saturated heterocycles. The average Bonchev–Trinajstić information content (AvgIpc) is 3.21. The lowest BCUT2D eigenvalue weighted by atomic mass is 10.0. The van der Waals surface area contributed by atoms with E-state index in [0.29, 0.717) is 31.9 Å². The first kappa shape index (κ1) is 26.7. The van der Waals surface area contributed by atoms with Crippen molar-refractivity contribution < 1.29 is 22.1 Å². The van der Waals surface area contributed by atoms with E-state index in [9.17, 15) is 13.2 Å². The normalized spacial score (nSPS) is 12.1. The van der Waals surface area contributed by atoms with Crippen molar-refractivity contribution in [3.63, 3.8) is 0 Å².